The van der Waals surface area contributed by atoms with Gasteiger partial charge in [-0.25, -0.2) is 24.2 Å². The van der Waals surface area contributed by atoms with Crippen molar-refractivity contribution in [2.45, 2.75) is 38.7 Å². The average Bonchev–Trinajstić information content (AvgIpc) is 3.52. The van der Waals surface area contributed by atoms with Crippen LogP contribution in [0.1, 0.15) is 44.5 Å². The van der Waals surface area contributed by atoms with E-state index >= 15 is 0 Å². The highest BCUT2D eigenvalue weighted by Crippen LogP contribution is 2.33. The Hall–Kier alpha value is -4.31. The summed E-state index contributed by atoms with van der Waals surface area (Å²) in [5.74, 6) is -0.581. The van der Waals surface area contributed by atoms with Crippen molar-refractivity contribution in [3.63, 3.8) is 0 Å². The second kappa shape index (κ2) is 10.4. The van der Waals surface area contributed by atoms with Crippen LogP contribution in [0.3, 0.4) is 0 Å². The number of esters is 2. The van der Waals surface area contributed by atoms with E-state index in [0.29, 0.717) is 34.5 Å². The summed E-state index contributed by atoms with van der Waals surface area (Å²) in [4.78, 5) is 33.8. The fourth-order valence-electron chi connectivity index (χ4n) is 4.11. The number of ether oxygens (including phenoxy) is 4. The summed E-state index contributed by atoms with van der Waals surface area (Å²) in [7, 11) is 1.52. The molecule has 10 nitrogen and oxygen atoms in total. The van der Waals surface area contributed by atoms with Crippen molar-refractivity contribution in [1.29, 1.82) is 0 Å². The zero-order valence-electron chi connectivity index (χ0n) is 20.7. The number of carbonyl (C=O) groups excluding carboxylic acids is 2. The summed E-state index contributed by atoms with van der Waals surface area (Å²) >= 11 is 0. The maximum atomic E-state index is 12.9. The van der Waals surface area contributed by atoms with E-state index in [-0.39, 0.29) is 6.61 Å². The largest absolute Gasteiger partial charge is 0.480 e. The highest BCUT2D eigenvalue weighted by Gasteiger charge is 2.40. The molecule has 0 N–H and O–H groups in total. The molecule has 10 heteroatoms. The molecular formula is C27H26N4O6. The van der Waals surface area contributed by atoms with Gasteiger partial charge in [0.05, 0.1) is 18.2 Å². The zero-order chi connectivity index (χ0) is 25.9. The minimum Gasteiger partial charge on any atom is -0.480 e. The Morgan fingerprint density at radius 2 is 1.62 bits per heavy atom. The van der Waals surface area contributed by atoms with Gasteiger partial charge in [0.2, 0.25) is 5.88 Å². The van der Waals surface area contributed by atoms with E-state index in [4.69, 9.17) is 18.9 Å². The number of hydrogen-bond donors (Lipinski definition) is 0. The molecule has 190 valence electrons. The molecule has 0 unspecified atom stereocenters. The summed E-state index contributed by atoms with van der Waals surface area (Å²) in [5.41, 5.74) is 3.37. The predicted octanol–water partition coefficient (Wildman–Crippen LogP) is 3.82. The smallest absolute Gasteiger partial charge is 0.338 e. The molecule has 5 rings (SSSR count). The van der Waals surface area contributed by atoms with Crippen LogP contribution in [0.15, 0.2) is 61.1 Å². The highest BCUT2D eigenvalue weighted by molar-refractivity contribution is 5.90. The van der Waals surface area contributed by atoms with E-state index in [1.165, 1.54) is 13.4 Å². The highest BCUT2D eigenvalue weighted by atomic mass is 16.6. The van der Waals surface area contributed by atoms with Crippen LogP contribution in [0.4, 0.5) is 0 Å². The van der Waals surface area contributed by atoms with Crippen LogP contribution in [0, 0.1) is 13.8 Å². The Morgan fingerprint density at radius 1 is 0.973 bits per heavy atom. The van der Waals surface area contributed by atoms with Gasteiger partial charge >= 0.3 is 11.9 Å². The molecule has 37 heavy (non-hydrogen) atoms. The van der Waals surface area contributed by atoms with E-state index in [9.17, 15) is 9.59 Å². The summed E-state index contributed by atoms with van der Waals surface area (Å²) in [6.07, 6.45) is 1.43. The fourth-order valence-corrected chi connectivity index (χ4v) is 4.11. The molecule has 0 spiro atoms. The maximum absolute atomic E-state index is 12.9. The number of methoxy groups -OCH3 is 1. The molecule has 3 heterocycles. The second-order valence-electron chi connectivity index (χ2n) is 8.87. The number of benzene rings is 2. The summed E-state index contributed by atoms with van der Waals surface area (Å²) in [5, 5.41) is 5.10. The molecular weight excluding hydrogens is 476 g/mol. The Kier molecular flexibility index (Phi) is 6.82. The van der Waals surface area contributed by atoms with Gasteiger partial charge < -0.3 is 18.9 Å². The van der Waals surface area contributed by atoms with Gasteiger partial charge in [0, 0.05) is 12.6 Å². The van der Waals surface area contributed by atoms with Crippen LogP contribution in [0.25, 0.3) is 11.0 Å². The van der Waals surface area contributed by atoms with E-state index in [1.54, 1.807) is 35.1 Å². The van der Waals surface area contributed by atoms with Crippen molar-refractivity contribution in [2.24, 2.45) is 0 Å². The number of fused-ring (bicyclic) bond motifs is 1. The molecule has 0 amide bonds. The number of carbonyl (C=O) groups is 2. The Bertz CT molecular complexity index is 1420. The van der Waals surface area contributed by atoms with Crippen molar-refractivity contribution in [3.05, 3.63) is 83.3 Å². The van der Waals surface area contributed by atoms with Gasteiger partial charge in [0.15, 0.2) is 11.9 Å². The number of aryl methyl sites for hydroxylation is 2. The average molecular weight is 503 g/mol. The molecule has 0 saturated carbocycles. The molecule has 0 bridgehead atoms. The van der Waals surface area contributed by atoms with E-state index in [2.05, 4.69) is 15.1 Å². The lowest BCUT2D eigenvalue weighted by atomic mass is 10.1. The van der Waals surface area contributed by atoms with Crippen molar-refractivity contribution in [3.8, 4) is 5.88 Å². The number of hydrogen-bond acceptors (Lipinski definition) is 9. The fraction of sp³-hybridized carbons (Fsp3) is 0.296. The molecule has 0 aliphatic carbocycles. The van der Waals surface area contributed by atoms with Crippen LogP contribution >= 0.6 is 0 Å². The van der Waals surface area contributed by atoms with Crippen molar-refractivity contribution < 1.29 is 28.5 Å². The third-order valence-corrected chi connectivity index (χ3v) is 6.18. The third kappa shape index (κ3) is 5.29. The van der Waals surface area contributed by atoms with Gasteiger partial charge in [-0.2, -0.15) is 0 Å². The first kappa shape index (κ1) is 24.4. The predicted molar refractivity (Wildman–Crippen MR) is 132 cm³/mol. The van der Waals surface area contributed by atoms with Crippen LogP contribution in [0.5, 0.6) is 5.88 Å². The summed E-state index contributed by atoms with van der Waals surface area (Å²) < 4.78 is 24.4. The van der Waals surface area contributed by atoms with Crippen LogP contribution in [0.2, 0.25) is 0 Å². The van der Waals surface area contributed by atoms with E-state index in [0.717, 1.165) is 11.1 Å². The van der Waals surface area contributed by atoms with Crippen LogP contribution in [-0.2, 0) is 14.2 Å². The monoisotopic (exact) mass is 502 g/mol. The van der Waals surface area contributed by atoms with Gasteiger partial charge in [-0.1, -0.05) is 35.4 Å². The third-order valence-electron chi connectivity index (χ3n) is 6.18. The molecule has 1 aliphatic heterocycles. The minimum absolute atomic E-state index is 0.0982. The first-order valence-electron chi connectivity index (χ1n) is 11.8. The number of rotatable bonds is 7. The first-order chi connectivity index (χ1) is 17.9. The molecule has 4 aromatic rings. The van der Waals surface area contributed by atoms with Crippen LogP contribution < -0.4 is 4.74 Å². The molecule has 1 saturated heterocycles. The zero-order valence-corrected chi connectivity index (χ0v) is 20.7. The molecule has 3 atom stereocenters. The van der Waals surface area contributed by atoms with Gasteiger partial charge in [-0.3, -0.25) is 0 Å². The van der Waals surface area contributed by atoms with Gasteiger partial charge in [-0.15, -0.1) is 5.10 Å². The molecule has 2 aromatic carbocycles. The van der Waals surface area contributed by atoms with Crippen molar-refractivity contribution in [2.75, 3.05) is 13.7 Å². The lowest BCUT2D eigenvalue weighted by molar-refractivity contribution is -0.0598. The van der Waals surface area contributed by atoms with Gasteiger partial charge in [0.1, 0.15) is 30.5 Å². The topological polar surface area (TPSA) is 115 Å². The lowest BCUT2D eigenvalue weighted by Gasteiger charge is -2.19. The maximum Gasteiger partial charge on any atom is 0.338 e. The van der Waals surface area contributed by atoms with E-state index < -0.39 is 30.4 Å². The molecule has 1 aliphatic rings. The van der Waals surface area contributed by atoms with Gasteiger partial charge in [-0.05, 0) is 38.1 Å². The van der Waals surface area contributed by atoms with Crippen molar-refractivity contribution in [1.82, 2.24) is 19.7 Å². The lowest BCUT2D eigenvalue weighted by Crippen LogP contribution is -2.32. The Balaban J connectivity index is 1.35. The normalized spacial score (nSPS) is 19.1. The summed E-state index contributed by atoms with van der Waals surface area (Å²) in [6.45, 7) is 3.78. The molecule has 0 radical (unpaired) electrons. The Morgan fingerprint density at radius 3 is 2.27 bits per heavy atom. The van der Waals surface area contributed by atoms with E-state index in [1.807, 2.05) is 38.1 Å². The van der Waals surface area contributed by atoms with Crippen molar-refractivity contribution >= 4 is 23.0 Å². The number of nitrogens with zero attached hydrogens (tertiary/aromatic N) is 4. The molecule has 2 aromatic heterocycles. The first-order valence-corrected chi connectivity index (χ1v) is 11.8. The Labute approximate surface area is 213 Å². The second-order valence-corrected chi connectivity index (χ2v) is 8.87. The molecule has 1 fully saturated rings. The quantitative estimate of drug-likeness (QED) is 0.348. The number of aromatic nitrogens is 4. The van der Waals surface area contributed by atoms with Gasteiger partial charge in [0.25, 0.3) is 0 Å². The summed E-state index contributed by atoms with van der Waals surface area (Å²) in [6, 6.07) is 14.2. The minimum atomic E-state index is -0.700. The standard InChI is InChI=1S/C27H26N4O6/c1-16-4-8-18(9-5-16)26(32)35-14-22-21(37-27(33)19-10-6-17(2)7-11-19)12-23(36-22)31-13-20-24(30-31)28-15-29-25(20)34-3/h4-11,13,15,21-23H,12,14H2,1-3H3/t21-,22+,23+/m0/s1. The SMILES string of the molecule is COc1ncnc2nn([C@H]3C[C@H](OC(=O)c4ccc(C)cc4)[C@@H](COC(=O)c4ccc(C)cc4)O3)cc12. The van der Waals surface area contributed by atoms with Crippen LogP contribution in [-0.4, -0.2) is 57.6 Å².